The molecule has 3 nitrogen and oxygen atoms in total. The zero-order valence-electron chi connectivity index (χ0n) is 14.4. The molecular formula is C18H36N2O. The van der Waals surface area contributed by atoms with Crippen molar-refractivity contribution in [1.29, 1.82) is 0 Å². The molecule has 0 amide bonds. The minimum atomic E-state index is -0.00830. The molecule has 0 aromatic heterocycles. The molecule has 21 heavy (non-hydrogen) atoms. The van der Waals surface area contributed by atoms with Crippen LogP contribution in [-0.2, 0) is 0 Å². The fraction of sp³-hybridized carbons (Fsp3) is 1.00. The molecule has 0 saturated heterocycles. The highest BCUT2D eigenvalue weighted by Gasteiger charge is 2.42. The summed E-state index contributed by atoms with van der Waals surface area (Å²) in [6, 6.07) is 0.455. The van der Waals surface area contributed by atoms with E-state index in [0.717, 1.165) is 12.3 Å². The Bertz CT molecular complexity index is 304. The van der Waals surface area contributed by atoms with Crippen LogP contribution in [0.2, 0.25) is 0 Å². The highest BCUT2D eigenvalue weighted by molar-refractivity contribution is 5.00. The summed E-state index contributed by atoms with van der Waals surface area (Å²) in [6.45, 7) is 10.8. The van der Waals surface area contributed by atoms with E-state index in [9.17, 15) is 5.11 Å². The van der Waals surface area contributed by atoms with Crippen molar-refractivity contribution >= 4 is 0 Å². The maximum Gasteiger partial charge on any atom is 0.0616 e. The summed E-state index contributed by atoms with van der Waals surface area (Å²) in [5.74, 6) is 1.62. The van der Waals surface area contributed by atoms with Crippen LogP contribution in [-0.4, -0.2) is 47.8 Å². The van der Waals surface area contributed by atoms with Crippen molar-refractivity contribution in [3.8, 4) is 0 Å². The molecule has 0 aliphatic heterocycles. The Hall–Kier alpha value is -0.120. The molecule has 2 atom stereocenters. The van der Waals surface area contributed by atoms with Gasteiger partial charge in [-0.05, 0) is 63.5 Å². The second-order valence-electron chi connectivity index (χ2n) is 7.74. The van der Waals surface area contributed by atoms with E-state index in [0.29, 0.717) is 18.6 Å². The van der Waals surface area contributed by atoms with Gasteiger partial charge in [0.05, 0.1) is 6.61 Å². The van der Waals surface area contributed by atoms with Crippen molar-refractivity contribution in [1.82, 2.24) is 10.2 Å². The highest BCUT2D eigenvalue weighted by Crippen LogP contribution is 2.38. The molecule has 2 aliphatic carbocycles. The van der Waals surface area contributed by atoms with E-state index in [1.165, 1.54) is 58.2 Å². The summed E-state index contributed by atoms with van der Waals surface area (Å²) >= 11 is 0. The summed E-state index contributed by atoms with van der Waals surface area (Å²) in [5.41, 5.74) is -0.00830. The maximum atomic E-state index is 9.98. The summed E-state index contributed by atoms with van der Waals surface area (Å²) in [6.07, 6.45) is 9.08. The third-order valence-electron chi connectivity index (χ3n) is 5.36. The standard InChI is InChI=1S/C18H36N2O/c1-4-11-20(13-16-7-8-16)12-9-17-6-5-10-18(17,14-21)19-15(2)3/h15-17,19,21H,4-14H2,1-3H3. The topological polar surface area (TPSA) is 35.5 Å². The molecule has 2 aliphatic rings. The molecule has 3 heteroatoms. The Morgan fingerprint density at radius 2 is 2.00 bits per heavy atom. The molecule has 0 bridgehead atoms. The smallest absolute Gasteiger partial charge is 0.0616 e. The van der Waals surface area contributed by atoms with Crippen LogP contribution in [0.15, 0.2) is 0 Å². The predicted octanol–water partition coefficient (Wildman–Crippen LogP) is 3.03. The van der Waals surface area contributed by atoms with Crippen LogP contribution in [0.25, 0.3) is 0 Å². The van der Waals surface area contributed by atoms with Gasteiger partial charge in [0.2, 0.25) is 0 Å². The molecule has 0 aromatic rings. The summed E-state index contributed by atoms with van der Waals surface area (Å²) in [4.78, 5) is 2.67. The monoisotopic (exact) mass is 296 g/mol. The molecule has 2 saturated carbocycles. The predicted molar refractivity (Wildman–Crippen MR) is 89.5 cm³/mol. The van der Waals surface area contributed by atoms with E-state index < -0.39 is 0 Å². The molecule has 2 rings (SSSR count). The third-order valence-corrected chi connectivity index (χ3v) is 5.36. The quantitative estimate of drug-likeness (QED) is 0.650. The Balaban J connectivity index is 1.86. The second-order valence-corrected chi connectivity index (χ2v) is 7.74. The largest absolute Gasteiger partial charge is 0.394 e. The number of hydrogen-bond donors (Lipinski definition) is 2. The van der Waals surface area contributed by atoms with Gasteiger partial charge in [-0.1, -0.05) is 27.2 Å². The van der Waals surface area contributed by atoms with Gasteiger partial charge in [-0.3, -0.25) is 0 Å². The minimum Gasteiger partial charge on any atom is -0.394 e. The molecule has 2 unspecified atom stereocenters. The van der Waals surface area contributed by atoms with Crippen molar-refractivity contribution in [2.24, 2.45) is 11.8 Å². The molecule has 124 valence electrons. The number of nitrogens with zero attached hydrogens (tertiary/aromatic N) is 1. The van der Waals surface area contributed by atoms with Crippen LogP contribution in [0.4, 0.5) is 0 Å². The fourth-order valence-electron chi connectivity index (χ4n) is 4.20. The van der Waals surface area contributed by atoms with Crippen molar-refractivity contribution in [2.45, 2.75) is 77.3 Å². The molecule has 2 N–H and O–H groups in total. The first kappa shape index (κ1) is 17.2. The number of rotatable bonds is 10. The van der Waals surface area contributed by atoms with Crippen molar-refractivity contribution < 1.29 is 5.11 Å². The minimum absolute atomic E-state index is 0.00830. The summed E-state index contributed by atoms with van der Waals surface area (Å²) in [5, 5.41) is 13.7. The van der Waals surface area contributed by atoms with Crippen LogP contribution in [0.1, 0.15) is 65.7 Å². The summed E-state index contributed by atoms with van der Waals surface area (Å²) in [7, 11) is 0. The molecule has 2 fully saturated rings. The Morgan fingerprint density at radius 1 is 1.24 bits per heavy atom. The van der Waals surface area contributed by atoms with E-state index in [-0.39, 0.29) is 5.54 Å². The van der Waals surface area contributed by atoms with E-state index in [1.54, 1.807) is 0 Å². The van der Waals surface area contributed by atoms with E-state index in [4.69, 9.17) is 0 Å². The average Bonchev–Trinajstić information content (AvgIpc) is 3.16. The lowest BCUT2D eigenvalue weighted by Crippen LogP contribution is -2.54. The zero-order chi connectivity index (χ0) is 15.3. The van der Waals surface area contributed by atoms with Crippen molar-refractivity contribution in [2.75, 3.05) is 26.2 Å². The molecule has 0 radical (unpaired) electrons. The van der Waals surface area contributed by atoms with Crippen molar-refractivity contribution in [3.05, 3.63) is 0 Å². The van der Waals surface area contributed by atoms with Gasteiger partial charge in [0.25, 0.3) is 0 Å². The van der Waals surface area contributed by atoms with Gasteiger partial charge in [-0.2, -0.15) is 0 Å². The van der Waals surface area contributed by atoms with Gasteiger partial charge in [-0.25, -0.2) is 0 Å². The lowest BCUT2D eigenvalue weighted by atomic mass is 9.84. The van der Waals surface area contributed by atoms with Crippen LogP contribution < -0.4 is 5.32 Å². The number of aliphatic hydroxyl groups is 1. The van der Waals surface area contributed by atoms with Crippen LogP contribution >= 0.6 is 0 Å². The third kappa shape index (κ3) is 4.94. The lowest BCUT2D eigenvalue weighted by Gasteiger charge is -2.38. The fourth-order valence-corrected chi connectivity index (χ4v) is 4.20. The lowest BCUT2D eigenvalue weighted by molar-refractivity contribution is 0.102. The highest BCUT2D eigenvalue weighted by atomic mass is 16.3. The number of aliphatic hydroxyl groups excluding tert-OH is 1. The summed E-state index contributed by atoms with van der Waals surface area (Å²) < 4.78 is 0. The van der Waals surface area contributed by atoms with Crippen LogP contribution in [0, 0.1) is 11.8 Å². The Kier molecular flexibility index (Phi) is 6.51. The van der Waals surface area contributed by atoms with Crippen LogP contribution in [0.5, 0.6) is 0 Å². The number of nitrogens with one attached hydrogen (secondary N) is 1. The van der Waals surface area contributed by atoms with Gasteiger partial charge < -0.3 is 15.3 Å². The maximum absolute atomic E-state index is 9.98. The second kappa shape index (κ2) is 7.94. The molecular weight excluding hydrogens is 260 g/mol. The van der Waals surface area contributed by atoms with E-state index >= 15 is 0 Å². The molecule has 0 aromatic carbocycles. The van der Waals surface area contributed by atoms with Gasteiger partial charge >= 0.3 is 0 Å². The van der Waals surface area contributed by atoms with Crippen molar-refractivity contribution in [3.63, 3.8) is 0 Å². The SMILES string of the molecule is CCCN(CCC1CCCC1(CO)NC(C)C)CC1CC1. The molecule has 0 spiro atoms. The first-order chi connectivity index (χ1) is 10.1. The van der Waals surface area contributed by atoms with Crippen LogP contribution in [0.3, 0.4) is 0 Å². The number of hydrogen-bond acceptors (Lipinski definition) is 3. The van der Waals surface area contributed by atoms with Gasteiger partial charge in [-0.15, -0.1) is 0 Å². The normalized spacial score (nSPS) is 29.7. The first-order valence-corrected chi connectivity index (χ1v) is 9.20. The van der Waals surface area contributed by atoms with Gasteiger partial charge in [0.1, 0.15) is 0 Å². The average molecular weight is 296 g/mol. The Morgan fingerprint density at radius 3 is 2.57 bits per heavy atom. The Labute approximate surface area is 131 Å². The zero-order valence-corrected chi connectivity index (χ0v) is 14.4. The van der Waals surface area contributed by atoms with E-state index in [1.807, 2.05) is 0 Å². The first-order valence-electron chi connectivity index (χ1n) is 9.20. The molecule has 0 heterocycles. The van der Waals surface area contributed by atoms with Gasteiger partial charge in [0.15, 0.2) is 0 Å². The van der Waals surface area contributed by atoms with E-state index in [2.05, 4.69) is 31.0 Å². The van der Waals surface area contributed by atoms with Gasteiger partial charge in [0, 0.05) is 18.1 Å².